The van der Waals surface area contributed by atoms with Gasteiger partial charge in [-0.05, 0) is 6.07 Å². The highest BCUT2D eigenvalue weighted by Crippen LogP contribution is 2.38. The van der Waals surface area contributed by atoms with E-state index in [-0.39, 0.29) is 11.8 Å². The lowest BCUT2D eigenvalue weighted by molar-refractivity contribution is -0.114. The highest BCUT2D eigenvalue weighted by Gasteiger charge is 2.24. The number of hydrogen-bond acceptors (Lipinski definition) is 8. The highest BCUT2D eigenvalue weighted by molar-refractivity contribution is 8.00. The lowest BCUT2D eigenvalue weighted by atomic mass is 10.1. The lowest BCUT2D eigenvalue weighted by Gasteiger charge is -2.18. The van der Waals surface area contributed by atoms with Crippen molar-refractivity contribution in [3.63, 3.8) is 0 Å². The fourth-order valence-electron chi connectivity index (χ4n) is 2.12. The van der Waals surface area contributed by atoms with Gasteiger partial charge in [-0.1, -0.05) is 23.5 Å². The Bertz CT molecular complexity index is 812. The third kappa shape index (κ3) is 2.29. The number of aromatic nitrogens is 4. The minimum absolute atomic E-state index is 0.0739. The molecule has 0 aliphatic carbocycles. The molecule has 2 N–H and O–H groups in total. The van der Waals surface area contributed by atoms with Gasteiger partial charge in [0.25, 0.3) is 0 Å². The highest BCUT2D eigenvalue weighted by atomic mass is 32.2. The molecule has 2 amide bonds. The monoisotopic (exact) mass is 332 g/mol. The van der Waals surface area contributed by atoms with E-state index in [9.17, 15) is 9.59 Å². The van der Waals surface area contributed by atoms with E-state index in [1.54, 1.807) is 6.07 Å². The molecule has 8 nitrogen and oxygen atoms in total. The summed E-state index contributed by atoms with van der Waals surface area (Å²) in [6.45, 7) is 0. The van der Waals surface area contributed by atoms with Gasteiger partial charge in [0, 0.05) is 5.56 Å². The van der Waals surface area contributed by atoms with Gasteiger partial charge >= 0.3 is 0 Å². The van der Waals surface area contributed by atoms with Crippen LogP contribution in [0.2, 0.25) is 0 Å². The summed E-state index contributed by atoms with van der Waals surface area (Å²) in [6, 6.07) is 1.73. The van der Waals surface area contributed by atoms with Crippen LogP contribution in [-0.2, 0) is 9.59 Å². The Morgan fingerprint density at radius 2 is 1.73 bits per heavy atom. The fraction of sp³-hybridized carbons (Fsp3) is 0.167. The number of carbonyl (C=O) groups is 2. The van der Waals surface area contributed by atoms with E-state index in [0.717, 1.165) is 0 Å². The second kappa shape index (κ2) is 5.21. The van der Waals surface area contributed by atoms with Gasteiger partial charge in [0.05, 0.1) is 34.8 Å². The standard InChI is InChI=1S/C12H8N6O2S2/c19-8-3-21-11-7(14-8)1-6(16-18-11)5-2-13-17-12-10(5)15-9(20)4-22-12/h1-2H,3-4H2,(H,14,19)(H,15,20). The molecule has 2 aromatic heterocycles. The molecule has 0 radical (unpaired) electrons. The largest absolute Gasteiger partial charge is 0.323 e. The molecule has 10 heteroatoms. The number of rotatable bonds is 1. The SMILES string of the molecule is O=C1CSc2nnc(-c3cnnc4c3NC(=O)CS4)cc2N1. The van der Waals surface area contributed by atoms with Crippen molar-refractivity contribution in [3.8, 4) is 11.3 Å². The predicted octanol–water partition coefficient (Wildman–Crippen LogP) is 1.02. The van der Waals surface area contributed by atoms with Crippen molar-refractivity contribution in [1.82, 2.24) is 20.4 Å². The number of anilines is 2. The van der Waals surface area contributed by atoms with E-state index in [2.05, 4.69) is 31.0 Å². The molecule has 0 unspecified atom stereocenters. The molecule has 110 valence electrons. The first-order valence-electron chi connectivity index (χ1n) is 6.30. The Balaban J connectivity index is 1.81. The first-order chi connectivity index (χ1) is 10.7. The summed E-state index contributed by atoms with van der Waals surface area (Å²) in [5.41, 5.74) is 2.35. The van der Waals surface area contributed by atoms with Gasteiger partial charge in [-0.3, -0.25) is 9.59 Å². The Kier molecular flexibility index (Phi) is 3.19. The van der Waals surface area contributed by atoms with E-state index in [0.29, 0.717) is 44.2 Å². The van der Waals surface area contributed by atoms with Crippen LogP contribution in [0.5, 0.6) is 0 Å². The summed E-state index contributed by atoms with van der Waals surface area (Å²) < 4.78 is 0. The van der Waals surface area contributed by atoms with E-state index in [1.165, 1.54) is 29.7 Å². The third-order valence-corrected chi connectivity index (χ3v) is 5.02. The van der Waals surface area contributed by atoms with Crippen molar-refractivity contribution >= 4 is 46.7 Å². The maximum Gasteiger partial charge on any atom is 0.234 e. The average molecular weight is 332 g/mol. The average Bonchev–Trinajstić information content (AvgIpc) is 2.53. The van der Waals surface area contributed by atoms with Gasteiger partial charge in [-0.15, -0.1) is 15.3 Å². The molecule has 0 spiro atoms. The van der Waals surface area contributed by atoms with Gasteiger partial charge in [-0.25, -0.2) is 0 Å². The molecular formula is C12H8N6O2S2. The molecule has 0 fully saturated rings. The topological polar surface area (TPSA) is 110 Å². The number of thioether (sulfide) groups is 2. The second-order valence-corrected chi connectivity index (χ2v) is 6.49. The number of fused-ring (bicyclic) bond motifs is 2. The molecule has 0 atom stereocenters. The van der Waals surface area contributed by atoms with Gasteiger partial charge in [0.2, 0.25) is 11.8 Å². The maximum absolute atomic E-state index is 11.6. The number of nitrogens with one attached hydrogen (secondary N) is 2. The van der Waals surface area contributed by atoms with Crippen LogP contribution in [0.1, 0.15) is 0 Å². The van der Waals surface area contributed by atoms with Gasteiger partial charge in [0.15, 0.2) is 0 Å². The zero-order chi connectivity index (χ0) is 15.1. The molecule has 2 aliphatic heterocycles. The number of hydrogen-bond donors (Lipinski definition) is 2. The Hall–Kier alpha value is -2.20. The zero-order valence-electron chi connectivity index (χ0n) is 11.0. The summed E-state index contributed by atoms with van der Waals surface area (Å²) in [7, 11) is 0. The van der Waals surface area contributed by atoms with Crippen molar-refractivity contribution < 1.29 is 9.59 Å². The lowest BCUT2D eigenvalue weighted by Crippen LogP contribution is -2.21. The zero-order valence-corrected chi connectivity index (χ0v) is 12.6. The second-order valence-electron chi connectivity index (χ2n) is 4.56. The van der Waals surface area contributed by atoms with Crippen LogP contribution < -0.4 is 10.6 Å². The summed E-state index contributed by atoms with van der Waals surface area (Å²) in [5, 5.41) is 23.1. The van der Waals surface area contributed by atoms with Crippen LogP contribution in [0.25, 0.3) is 11.3 Å². The smallest absolute Gasteiger partial charge is 0.234 e. The van der Waals surface area contributed by atoms with Gasteiger partial charge in [0.1, 0.15) is 10.1 Å². The number of nitrogens with zero attached hydrogens (tertiary/aromatic N) is 4. The quantitative estimate of drug-likeness (QED) is 0.796. The summed E-state index contributed by atoms with van der Waals surface area (Å²) >= 11 is 2.67. The Morgan fingerprint density at radius 1 is 0.955 bits per heavy atom. The van der Waals surface area contributed by atoms with Crippen molar-refractivity contribution in [3.05, 3.63) is 12.3 Å². The fourth-order valence-corrected chi connectivity index (χ4v) is 3.58. The molecule has 2 aromatic rings. The molecule has 0 bridgehead atoms. The molecular weight excluding hydrogens is 324 g/mol. The van der Waals surface area contributed by atoms with Crippen molar-refractivity contribution in [2.45, 2.75) is 10.1 Å². The first kappa shape index (κ1) is 13.5. The van der Waals surface area contributed by atoms with E-state index < -0.39 is 0 Å². The number of carbonyl (C=O) groups excluding carboxylic acids is 2. The van der Waals surface area contributed by atoms with Crippen LogP contribution in [0.15, 0.2) is 22.3 Å². The van der Waals surface area contributed by atoms with E-state index in [1.807, 2.05) is 0 Å². The Labute approximate surface area is 132 Å². The molecule has 4 heterocycles. The number of amides is 2. The summed E-state index contributed by atoms with van der Waals surface area (Å²) in [6.07, 6.45) is 1.53. The van der Waals surface area contributed by atoms with Crippen molar-refractivity contribution in [1.29, 1.82) is 0 Å². The molecule has 22 heavy (non-hydrogen) atoms. The first-order valence-corrected chi connectivity index (χ1v) is 8.27. The predicted molar refractivity (Wildman–Crippen MR) is 81.8 cm³/mol. The molecule has 0 saturated carbocycles. The van der Waals surface area contributed by atoms with Crippen LogP contribution >= 0.6 is 23.5 Å². The minimum atomic E-state index is -0.0958. The van der Waals surface area contributed by atoms with Crippen LogP contribution in [0.3, 0.4) is 0 Å². The van der Waals surface area contributed by atoms with Crippen LogP contribution in [0.4, 0.5) is 11.4 Å². The van der Waals surface area contributed by atoms with Crippen molar-refractivity contribution in [2.75, 3.05) is 22.1 Å². The molecule has 0 saturated heterocycles. The minimum Gasteiger partial charge on any atom is -0.323 e. The maximum atomic E-state index is 11.6. The van der Waals surface area contributed by atoms with Crippen LogP contribution in [0, 0.1) is 0 Å². The summed E-state index contributed by atoms with van der Waals surface area (Å²) in [5.74, 6) is 0.477. The van der Waals surface area contributed by atoms with Crippen LogP contribution in [-0.4, -0.2) is 43.7 Å². The van der Waals surface area contributed by atoms with E-state index >= 15 is 0 Å². The van der Waals surface area contributed by atoms with Crippen molar-refractivity contribution in [2.24, 2.45) is 0 Å². The molecule has 2 aliphatic rings. The molecule has 0 aromatic carbocycles. The summed E-state index contributed by atoms with van der Waals surface area (Å²) in [4.78, 5) is 23.1. The van der Waals surface area contributed by atoms with Gasteiger partial charge in [-0.2, -0.15) is 5.10 Å². The molecule has 4 rings (SSSR count). The normalized spacial score (nSPS) is 16.4. The Morgan fingerprint density at radius 3 is 2.59 bits per heavy atom. The van der Waals surface area contributed by atoms with Gasteiger partial charge < -0.3 is 10.6 Å². The third-order valence-electron chi connectivity index (χ3n) is 3.07. The van der Waals surface area contributed by atoms with E-state index in [4.69, 9.17) is 0 Å².